The van der Waals surface area contributed by atoms with E-state index in [4.69, 9.17) is 0 Å². The summed E-state index contributed by atoms with van der Waals surface area (Å²) in [5, 5.41) is 0.943. The predicted molar refractivity (Wildman–Crippen MR) is 104 cm³/mol. The molecule has 0 spiro atoms. The minimum absolute atomic E-state index is 0.126. The number of hydrogen-bond acceptors (Lipinski definition) is 6. The van der Waals surface area contributed by atoms with Gasteiger partial charge in [-0.15, -0.1) is 11.3 Å². The van der Waals surface area contributed by atoms with Gasteiger partial charge in [0.2, 0.25) is 10.0 Å². The molecule has 0 aliphatic rings. The van der Waals surface area contributed by atoms with Gasteiger partial charge < -0.3 is 0 Å². The van der Waals surface area contributed by atoms with Crippen LogP contribution in [0.4, 0.5) is 8.78 Å². The fraction of sp³-hybridized carbons (Fsp3) is 0.211. The number of ketones is 1. The summed E-state index contributed by atoms with van der Waals surface area (Å²) in [5.74, 6) is -2.09. The molecule has 0 fully saturated rings. The van der Waals surface area contributed by atoms with E-state index in [-0.39, 0.29) is 18.0 Å². The largest absolute Gasteiger partial charge is 0.292 e. The first kappa shape index (κ1) is 21.2. The van der Waals surface area contributed by atoms with Gasteiger partial charge in [-0.05, 0) is 37.1 Å². The molecule has 0 radical (unpaired) electrons. The number of pyridine rings is 1. The molecule has 3 rings (SSSR count). The molecule has 152 valence electrons. The molecule has 0 unspecified atom stereocenters. The molecule has 0 amide bonds. The highest BCUT2D eigenvalue weighted by molar-refractivity contribution is 7.89. The highest BCUT2D eigenvalue weighted by Crippen LogP contribution is 2.16. The molecule has 10 heteroatoms. The molecule has 6 nitrogen and oxygen atoms in total. The van der Waals surface area contributed by atoms with Crippen molar-refractivity contribution in [3.05, 3.63) is 75.5 Å². The second kappa shape index (κ2) is 8.85. The van der Waals surface area contributed by atoms with Crippen LogP contribution in [-0.4, -0.2) is 24.2 Å². The van der Waals surface area contributed by atoms with Crippen molar-refractivity contribution < 1.29 is 22.0 Å². The minimum Gasteiger partial charge on any atom is -0.292 e. The van der Waals surface area contributed by atoms with Gasteiger partial charge in [0.1, 0.15) is 17.3 Å². The number of nitrogens with one attached hydrogen (secondary N) is 1. The Labute approximate surface area is 170 Å². The lowest BCUT2D eigenvalue weighted by Gasteiger charge is -2.08. The monoisotopic (exact) mass is 437 g/mol. The van der Waals surface area contributed by atoms with Gasteiger partial charge in [-0.3, -0.25) is 9.78 Å². The number of nitrogens with zero attached hydrogens (tertiary/aromatic N) is 2. The summed E-state index contributed by atoms with van der Waals surface area (Å²) in [6.07, 6.45) is 4.02. The molecule has 0 saturated carbocycles. The van der Waals surface area contributed by atoms with Crippen LogP contribution >= 0.6 is 11.3 Å². The number of carbonyl (C=O) groups is 1. The van der Waals surface area contributed by atoms with Crippen molar-refractivity contribution in [2.45, 2.75) is 31.2 Å². The van der Waals surface area contributed by atoms with Gasteiger partial charge in [-0.25, -0.2) is 26.9 Å². The maximum absolute atomic E-state index is 13.2. The maximum atomic E-state index is 13.2. The second-order valence-electron chi connectivity index (χ2n) is 6.25. The van der Waals surface area contributed by atoms with Crippen LogP contribution in [0.3, 0.4) is 0 Å². The van der Waals surface area contributed by atoms with Crippen LogP contribution in [0.15, 0.2) is 47.6 Å². The summed E-state index contributed by atoms with van der Waals surface area (Å²) in [6, 6.07) is 5.15. The molecule has 0 aliphatic carbocycles. The highest BCUT2D eigenvalue weighted by Gasteiger charge is 2.16. The summed E-state index contributed by atoms with van der Waals surface area (Å²) < 4.78 is 53.1. The van der Waals surface area contributed by atoms with Gasteiger partial charge in [-0.1, -0.05) is 6.07 Å². The molecule has 2 heterocycles. The van der Waals surface area contributed by atoms with Gasteiger partial charge in [0.25, 0.3) is 0 Å². The van der Waals surface area contributed by atoms with Crippen molar-refractivity contribution in [3.63, 3.8) is 0 Å². The standard InChI is InChI=1S/C19H17F2N3O3S2/c1-12-22-11-16(28-12)3-5-19(25)18-4-2-13(9-23-18)10-24-29(26,27)17-7-14(20)6-15(21)8-17/h2,4,6-9,11,24H,3,5,10H2,1H3. The van der Waals surface area contributed by atoms with E-state index in [1.807, 2.05) is 6.92 Å². The quantitative estimate of drug-likeness (QED) is 0.546. The lowest BCUT2D eigenvalue weighted by molar-refractivity contribution is 0.0978. The number of sulfonamides is 1. The minimum atomic E-state index is -4.10. The van der Waals surface area contributed by atoms with E-state index in [1.54, 1.807) is 23.6 Å². The highest BCUT2D eigenvalue weighted by atomic mass is 32.2. The van der Waals surface area contributed by atoms with Crippen molar-refractivity contribution >= 4 is 27.1 Å². The number of carbonyl (C=O) groups excluding carboxylic acids is 1. The number of thiazole rings is 1. The third-order valence-electron chi connectivity index (χ3n) is 3.99. The molecular formula is C19H17F2N3O3S2. The third-order valence-corrected chi connectivity index (χ3v) is 6.34. The van der Waals surface area contributed by atoms with Crippen LogP contribution in [-0.2, 0) is 23.0 Å². The van der Waals surface area contributed by atoms with E-state index < -0.39 is 26.6 Å². The van der Waals surface area contributed by atoms with Gasteiger partial charge in [0.05, 0.1) is 9.90 Å². The fourth-order valence-corrected chi connectivity index (χ4v) is 4.38. The first-order valence-corrected chi connectivity index (χ1v) is 10.9. The normalized spacial score (nSPS) is 11.6. The van der Waals surface area contributed by atoms with Gasteiger partial charge in [0.15, 0.2) is 5.78 Å². The lowest BCUT2D eigenvalue weighted by Crippen LogP contribution is -2.23. The van der Waals surface area contributed by atoms with Gasteiger partial charge in [0, 0.05) is 36.3 Å². The molecule has 0 atom stereocenters. The Bertz CT molecular complexity index is 1110. The zero-order valence-corrected chi connectivity index (χ0v) is 17.0. The topological polar surface area (TPSA) is 89.0 Å². The number of benzene rings is 1. The number of hydrogen-bond donors (Lipinski definition) is 1. The Balaban J connectivity index is 1.59. The predicted octanol–water partition coefficient (Wildman–Crippen LogP) is 3.42. The van der Waals surface area contributed by atoms with E-state index >= 15 is 0 Å². The number of rotatable bonds is 8. The van der Waals surface area contributed by atoms with Gasteiger partial charge >= 0.3 is 0 Å². The molecule has 3 aromatic rings. The summed E-state index contributed by atoms with van der Waals surface area (Å²) in [6.45, 7) is 1.76. The summed E-state index contributed by atoms with van der Waals surface area (Å²) in [4.78, 5) is 21.0. The SMILES string of the molecule is Cc1ncc(CCC(=O)c2ccc(CNS(=O)(=O)c3cc(F)cc(F)c3)cn2)s1. The average molecular weight is 437 g/mol. The van der Waals surface area contributed by atoms with Crippen molar-refractivity contribution in [1.82, 2.24) is 14.7 Å². The Hall–Kier alpha value is -2.56. The Kier molecular flexibility index (Phi) is 6.46. The van der Waals surface area contributed by atoms with Crippen LogP contribution in [0.2, 0.25) is 0 Å². The zero-order valence-electron chi connectivity index (χ0n) is 15.4. The molecule has 0 aliphatic heterocycles. The molecule has 2 aromatic heterocycles. The summed E-state index contributed by atoms with van der Waals surface area (Å²) >= 11 is 1.54. The summed E-state index contributed by atoms with van der Waals surface area (Å²) in [5.41, 5.74) is 0.783. The molecule has 0 bridgehead atoms. The van der Waals surface area contributed by atoms with Crippen LogP contribution in [0.25, 0.3) is 0 Å². The Morgan fingerprint density at radius 1 is 1.10 bits per heavy atom. The number of halogens is 2. The van der Waals surface area contributed by atoms with E-state index in [1.165, 1.54) is 12.3 Å². The van der Waals surface area contributed by atoms with Crippen LogP contribution in [0.5, 0.6) is 0 Å². The molecule has 1 N–H and O–H groups in total. The van der Waals surface area contributed by atoms with Crippen molar-refractivity contribution in [3.8, 4) is 0 Å². The van der Waals surface area contributed by atoms with E-state index in [0.717, 1.165) is 22.0 Å². The second-order valence-corrected chi connectivity index (χ2v) is 9.34. The number of aromatic nitrogens is 2. The van der Waals surface area contributed by atoms with E-state index in [0.29, 0.717) is 24.5 Å². The number of aryl methyl sites for hydroxylation is 2. The Morgan fingerprint density at radius 2 is 1.83 bits per heavy atom. The van der Waals surface area contributed by atoms with Crippen molar-refractivity contribution in [2.75, 3.05) is 0 Å². The molecule has 1 aromatic carbocycles. The van der Waals surface area contributed by atoms with Crippen LogP contribution in [0, 0.1) is 18.6 Å². The Morgan fingerprint density at radius 3 is 2.41 bits per heavy atom. The maximum Gasteiger partial charge on any atom is 0.241 e. The molecule has 29 heavy (non-hydrogen) atoms. The summed E-state index contributed by atoms with van der Waals surface area (Å²) in [7, 11) is -4.10. The van der Waals surface area contributed by atoms with E-state index in [2.05, 4.69) is 14.7 Å². The van der Waals surface area contributed by atoms with Crippen molar-refractivity contribution in [2.24, 2.45) is 0 Å². The third kappa shape index (κ3) is 5.72. The van der Waals surface area contributed by atoms with Crippen LogP contribution in [0.1, 0.15) is 32.4 Å². The zero-order chi connectivity index (χ0) is 21.0. The first-order valence-electron chi connectivity index (χ1n) is 8.58. The molecular weight excluding hydrogens is 420 g/mol. The number of Topliss-reactive ketones (excluding diaryl/α,β-unsaturated/α-hetero) is 1. The molecule has 0 saturated heterocycles. The van der Waals surface area contributed by atoms with Gasteiger partial charge in [-0.2, -0.15) is 0 Å². The first-order chi connectivity index (χ1) is 13.7. The lowest BCUT2D eigenvalue weighted by atomic mass is 10.1. The van der Waals surface area contributed by atoms with Crippen molar-refractivity contribution in [1.29, 1.82) is 0 Å². The average Bonchev–Trinajstić information content (AvgIpc) is 3.09. The van der Waals surface area contributed by atoms with Crippen LogP contribution < -0.4 is 4.72 Å². The smallest absolute Gasteiger partial charge is 0.241 e. The fourth-order valence-electron chi connectivity index (χ4n) is 2.53. The van der Waals surface area contributed by atoms with E-state index in [9.17, 15) is 22.0 Å².